The highest BCUT2D eigenvalue weighted by molar-refractivity contribution is 5.85. The number of hydrogen-bond donors (Lipinski definition) is 6. The van der Waals surface area contributed by atoms with Gasteiger partial charge in [-0.3, -0.25) is 0 Å². The molecule has 6 N–H and O–H groups in total. The lowest BCUT2D eigenvalue weighted by atomic mass is 9.42. The van der Waals surface area contributed by atoms with Crippen LogP contribution < -0.4 is 0 Å². The lowest BCUT2D eigenvalue weighted by molar-refractivity contribution is -0.336. The molecule has 312 valence electrons. The summed E-state index contributed by atoms with van der Waals surface area (Å²) in [7, 11) is 0. The van der Waals surface area contributed by atoms with Gasteiger partial charge in [-0.15, -0.1) is 0 Å². The fourth-order valence-electron chi connectivity index (χ4n) is 12.8. The van der Waals surface area contributed by atoms with E-state index in [9.17, 15) is 35.4 Å². The molecular formula is C41H64O14. The number of aliphatic hydroxyl groups excluding tert-OH is 5. The van der Waals surface area contributed by atoms with Crippen LogP contribution in [0.3, 0.4) is 0 Å². The molecule has 7 fully saturated rings. The Kier molecular flexibility index (Phi) is 11.1. The predicted octanol–water partition coefficient (Wildman–Crippen LogP) is 2.22. The van der Waals surface area contributed by atoms with Crippen molar-refractivity contribution in [1.82, 2.24) is 0 Å². The van der Waals surface area contributed by atoms with Crippen molar-refractivity contribution < 1.29 is 68.6 Å². The molecule has 4 aliphatic heterocycles. The van der Waals surface area contributed by atoms with E-state index in [1.807, 2.05) is 13.8 Å². The minimum atomic E-state index is -1.01. The van der Waals surface area contributed by atoms with E-state index in [2.05, 4.69) is 6.92 Å². The van der Waals surface area contributed by atoms with Gasteiger partial charge in [-0.2, -0.15) is 0 Å². The van der Waals surface area contributed by atoms with E-state index in [0.717, 1.165) is 44.1 Å². The first-order valence-corrected chi connectivity index (χ1v) is 20.9. The molecule has 21 atom stereocenters. The van der Waals surface area contributed by atoms with Gasteiger partial charge in [0.1, 0.15) is 24.9 Å². The zero-order valence-corrected chi connectivity index (χ0v) is 32.9. The van der Waals surface area contributed by atoms with E-state index >= 15 is 0 Å². The number of aliphatic hydroxyl groups is 6. The van der Waals surface area contributed by atoms with Crippen LogP contribution in [0.4, 0.5) is 0 Å². The lowest BCUT2D eigenvalue weighted by Gasteiger charge is -2.65. The number of hydrogen-bond acceptors (Lipinski definition) is 14. The van der Waals surface area contributed by atoms with Crippen LogP contribution in [0.25, 0.3) is 0 Å². The van der Waals surface area contributed by atoms with Crippen LogP contribution in [0.5, 0.6) is 0 Å². The molecular weight excluding hydrogens is 716 g/mol. The van der Waals surface area contributed by atoms with Crippen molar-refractivity contribution in [2.45, 2.75) is 197 Å². The summed E-state index contributed by atoms with van der Waals surface area (Å²) in [5.41, 5.74) is -0.892. The quantitative estimate of drug-likeness (QED) is 0.162. The van der Waals surface area contributed by atoms with Gasteiger partial charge in [0.15, 0.2) is 18.9 Å². The largest absolute Gasteiger partial charge is 0.458 e. The maximum Gasteiger partial charge on any atom is 0.331 e. The van der Waals surface area contributed by atoms with E-state index in [1.54, 1.807) is 19.9 Å². The van der Waals surface area contributed by atoms with Gasteiger partial charge in [0, 0.05) is 30.8 Å². The molecule has 0 bridgehead atoms. The molecule has 14 heteroatoms. The summed E-state index contributed by atoms with van der Waals surface area (Å²) in [6, 6.07) is 0. The molecule has 8 rings (SSSR count). The smallest absolute Gasteiger partial charge is 0.331 e. The molecule has 0 aromatic rings. The number of cyclic esters (lactones) is 1. The second kappa shape index (κ2) is 15.1. The number of fused-ring (bicyclic) bond motifs is 5. The van der Waals surface area contributed by atoms with Gasteiger partial charge < -0.3 is 63.8 Å². The third kappa shape index (κ3) is 6.95. The second-order valence-electron chi connectivity index (χ2n) is 18.8. The summed E-state index contributed by atoms with van der Waals surface area (Å²) in [5.74, 6) is 0.204. The van der Waals surface area contributed by atoms with Crippen LogP contribution in [0.2, 0.25) is 0 Å². The maximum atomic E-state index is 12.6. The molecule has 0 unspecified atom stereocenters. The molecule has 3 saturated heterocycles. The van der Waals surface area contributed by atoms with Gasteiger partial charge in [0.05, 0.1) is 54.4 Å². The molecule has 0 aromatic heterocycles. The molecule has 8 aliphatic rings. The Morgan fingerprint density at radius 3 is 1.87 bits per heavy atom. The molecule has 0 aromatic carbocycles. The number of carbonyl (C=O) groups excluding carboxylic acids is 1. The number of esters is 1. The fourth-order valence-corrected chi connectivity index (χ4v) is 12.8. The van der Waals surface area contributed by atoms with Crippen LogP contribution in [0.15, 0.2) is 11.6 Å². The van der Waals surface area contributed by atoms with E-state index < -0.39 is 90.9 Å². The van der Waals surface area contributed by atoms with Crippen molar-refractivity contribution in [3.8, 4) is 0 Å². The van der Waals surface area contributed by atoms with Gasteiger partial charge >= 0.3 is 5.97 Å². The van der Waals surface area contributed by atoms with Crippen LogP contribution in [-0.2, 0) is 38.0 Å². The molecule has 55 heavy (non-hydrogen) atoms. The Labute approximate surface area is 323 Å². The Balaban J connectivity index is 0.837. The summed E-state index contributed by atoms with van der Waals surface area (Å²) in [6.07, 6.45) is -1.51. The van der Waals surface area contributed by atoms with Gasteiger partial charge in [-0.1, -0.05) is 13.8 Å². The summed E-state index contributed by atoms with van der Waals surface area (Å²) >= 11 is 0. The van der Waals surface area contributed by atoms with Crippen LogP contribution in [0, 0.1) is 34.5 Å². The van der Waals surface area contributed by atoms with Crippen molar-refractivity contribution >= 4 is 5.97 Å². The van der Waals surface area contributed by atoms with E-state index in [0.29, 0.717) is 18.8 Å². The Hall–Kier alpha value is -1.27. The van der Waals surface area contributed by atoms with Crippen molar-refractivity contribution in [2.24, 2.45) is 34.5 Å². The lowest BCUT2D eigenvalue weighted by Crippen LogP contribution is -2.67. The third-order valence-corrected chi connectivity index (χ3v) is 16.0. The molecule has 14 nitrogen and oxygen atoms in total. The molecule has 0 spiro atoms. The van der Waals surface area contributed by atoms with Crippen molar-refractivity contribution in [2.75, 3.05) is 6.61 Å². The molecule has 4 heterocycles. The van der Waals surface area contributed by atoms with Gasteiger partial charge in [-0.25, -0.2) is 4.79 Å². The zero-order valence-electron chi connectivity index (χ0n) is 32.9. The highest BCUT2D eigenvalue weighted by Crippen LogP contribution is 2.70. The van der Waals surface area contributed by atoms with E-state index in [4.69, 9.17) is 33.2 Å². The molecule has 0 amide bonds. The van der Waals surface area contributed by atoms with E-state index in [1.165, 1.54) is 0 Å². The maximum absolute atomic E-state index is 12.6. The average Bonchev–Trinajstić information content (AvgIpc) is 3.67. The topological polar surface area (TPSA) is 203 Å². The van der Waals surface area contributed by atoms with Gasteiger partial charge in [0.2, 0.25) is 0 Å². The standard InChI is InChI=1S/C41H64O14/c1-19-36(47)28(42)15-34(50-19)54-38-21(3)52-35(17-30(38)44)55-37-20(2)51-33(16-29(37)43)53-24-8-10-39(4)23(13-24)6-7-26-27(39)14-31(45)40(5)25(9-11-41(26,40)48)22-12-32(46)49-18-22/h12,19-21,23-31,33-38,42-45,47-48H,6-11,13-18H2,1-5H3/t19-,20-,21-,23-,24+,25-,26-,27+,28+,29+,30+,31-,33+,34-,35-,36-,37+,38+,39+,40+,41+/m1/s1. The summed E-state index contributed by atoms with van der Waals surface area (Å²) in [5, 5.41) is 66.9. The SMILES string of the molecule is C[C@H]1O[C@H](O[C@@H]2[C@@H](O)C[C@@H](O[C@@H]3[C@@H](O)C[C@H](O[C@H]4CC[C@@]5(C)[C@H](CC[C@@H]6[C@@H]5C[C@@H](O)[C@]5(C)[C@@H](C7=CC(=O)OC7)CC[C@]65O)C4)O[C@@H]3C)O[C@@H]2C)C[C@H](O)[C@@H]1O. The van der Waals surface area contributed by atoms with Crippen molar-refractivity contribution in [3.63, 3.8) is 0 Å². The van der Waals surface area contributed by atoms with Crippen LogP contribution in [0.1, 0.15) is 105 Å². The second-order valence-corrected chi connectivity index (χ2v) is 18.8. The number of carbonyl (C=O) groups is 1. The normalized spacial score (nSPS) is 55.5. The van der Waals surface area contributed by atoms with Crippen molar-refractivity contribution in [3.05, 3.63) is 11.6 Å². The first kappa shape index (κ1) is 40.5. The summed E-state index contributed by atoms with van der Waals surface area (Å²) < 4.78 is 42.1. The average molecular weight is 781 g/mol. The van der Waals surface area contributed by atoms with Gasteiger partial charge in [0.25, 0.3) is 0 Å². The number of ether oxygens (including phenoxy) is 7. The fraction of sp³-hybridized carbons (Fsp3) is 0.927. The van der Waals surface area contributed by atoms with Crippen LogP contribution >= 0.6 is 0 Å². The summed E-state index contributed by atoms with van der Waals surface area (Å²) in [4.78, 5) is 11.9. The van der Waals surface area contributed by atoms with Crippen LogP contribution in [-0.4, -0.2) is 135 Å². The molecule has 0 radical (unpaired) electrons. The Morgan fingerprint density at radius 1 is 0.691 bits per heavy atom. The summed E-state index contributed by atoms with van der Waals surface area (Å²) in [6.45, 7) is 9.90. The highest BCUT2D eigenvalue weighted by Gasteiger charge is 2.71. The van der Waals surface area contributed by atoms with E-state index in [-0.39, 0.29) is 61.1 Å². The monoisotopic (exact) mass is 780 g/mol. The molecule has 4 aliphatic carbocycles. The third-order valence-electron chi connectivity index (χ3n) is 16.0. The minimum Gasteiger partial charge on any atom is -0.458 e. The Bertz CT molecular complexity index is 1410. The van der Waals surface area contributed by atoms with Crippen molar-refractivity contribution in [1.29, 1.82) is 0 Å². The number of rotatable bonds is 7. The first-order valence-electron chi connectivity index (χ1n) is 20.9. The Morgan fingerprint density at radius 2 is 1.29 bits per heavy atom. The predicted molar refractivity (Wildman–Crippen MR) is 193 cm³/mol. The molecule has 4 saturated carbocycles. The zero-order chi connectivity index (χ0) is 39.2. The highest BCUT2D eigenvalue weighted by atomic mass is 16.7. The minimum absolute atomic E-state index is 0.0452. The first-order chi connectivity index (χ1) is 26.0. The van der Waals surface area contributed by atoms with Gasteiger partial charge in [-0.05, 0) is 107 Å².